The zero-order valence-electron chi connectivity index (χ0n) is 19.7. The Morgan fingerprint density at radius 3 is 2.43 bits per heavy atom. The number of halogens is 1. The zero-order valence-corrected chi connectivity index (χ0v) is 21.3. The van der Waals surface area contributed by atoms with E-state index in [0.717, 1.165) is 5.56 Å². The Balaban J connectivity index is 1.51. The van der Waals surface area contributed by atoms with E-state index in [1.165, 1.54) is 6.20 Å². The van der Waals surface area contributed by atoms with Crippen molar-refractivity contribution in [1.29, 1.82) is 0 Å². The standard InChI is InChI=1S/C23H25ClN6O4S/c1-29(12-15-9-10-16(33-3)11-19(15)34-4)13-20-27-21(14-30(20)2)35(31,32)28-23-22(24)25-17-7-5-6-8-18(17)26-23/h5-11,14H,12-13H2,1-4H3,(H,26,28). The van der Waals surface area contributed by atoms with E-state index in [0.29, 0.717) is 41.4 Å². The van der Waals surface area contributed by atoms with Crippen molar-refractivity contribution in [3.63, 3.8) is 0 Å². The van der Waals surface area contributed by atoms with Gasteiger partial charge in [0.15, 0.2) is 16.0 Å². The highest BCUT2D eigenvalue weighted by atomic mass is 35.5. The van der Waals surface area contributed by atoms with Crippen LogP contribution in [0.15, 0.2) is 53.7 Å². The first-order valence-electron chi connectivity index (χ1n) is 10.6. The zero-order chi connectivity index (χ0) is 25.2. The second-order valence-electron chi connectivity index (χ2n) is 7.91. The Morgan fingerprint density at radius 1 is 1.03 bits per heavy atom. The number of hydrogen-bond acceptors (Lipinski definition) is 8. The lowest BCUT2D eigenvalue weighted by molar-refractivity contribution is 0.298. The highest BCUT2D eigenvalue weighted by Gasteiger charge is 2.23. The minimum atomic E-state index is -4.04. The second kappa shape index (κ2) is 10.1. The van der Waals surface area contributed by atoms with E-state index in [9.17, 15) is 8.42 Å². The van der Waals surface area contributed by atoms with Gasteiger partial charge in [-0.3, -0.25) is 9.62 Å². The van der Waals surface area contributed by atoms with Gasteiger partial charge in [-0.25, -0.2) is 15.0 Å². The first-order valence-corrected chi connectivity index (χ1v) is 12.4. The molecule has 0 spiro atoms. The van der Waals surface area contributed by atoms with Crippen LogP contribution in [0.2, 0.25) is 5.15 Å². The van der Waals surface area contributed by atoms with Gasteiger partial charge in [0.05, 0.1) is 31.8 Å². The molecule has 0 atom stereocenters. The number of aromatic nitrogens is 4. The summed E-state index contributed by atoms with van der Waals surface area (Å²) < 4.78 is 40.8. The quantitative estimate of drug-likeness (QED) is 0.360. The smallest absolute Gasteiger partial charge is 0.282 e. The lowest BCUT2D eigenvalue weighted by atomic mass is 10.2. The minimum absolute atomic E-state index is 0.0448. The Morgan fingerprint density at radius 2 is 1.74 bits per heavy atom. The summed E-state index contributed by atoms with van der Waals surface area (Å²) in [5, 5.41) is -0.187. The molecule has 0 saturated heterocycles. The SMILES string of the molecule is COc1ccc(CN(C)Cc2nc(S(=O)(=O)Nc3nc4ccccc4nc3Cl)cn2C)c(OC)c1. The van der Waals surface area contributed by atoms with Crippen molar-refractivity contribution in [1.82, 2.24) is 24.4 Å². The number of anilines is 1. The van der Waals surface area contributed by atoms with Crippen LogP contribution in [0.4, 0.5) is 5.82 Å². The van der Waals surface area contributed by atoms with Gasteiger partial charge in [-0.2, -0.15) is 8.42 Å². The van der Waals surface area contributed by atoms with E-state index >= 15 is 0 Å². The van der Waals surface area contributed by atoms with E-state index in [1.807, 2.05) is 30.1 Å². The number of para-hydroxylation sites is 2. The molecule has 2 aromatic heterocycles. The molecule has 0 aliphatic rings. The van der Waals surface area contributed by atoms with Crippen LogP contribution in [0, 0.1) is 0 Å². The molecule has 35 heavy (non-hydrogen) atoms. The molecule has 0 amide bonds. The largest absolute Gasteiger partial charge is 0.497 e. The van der Waals surface area contributed by atoms with Crippen LogP contribution in [0.1, 0.15) is 11.4 Å². The molecule has 0 aliphatic carbocycles. The third kappa shape index (κ3) is 5.47. The van der Waals surface area contributed by atoms with Gasteiger partial charge in [-0.05, 0) is 25.2 Å². The summed E-state index contributed by atoms with van der Waals surface area (Å²) in [5.41, 5.74) is 2.05. The highest BCUT2D eigenvalue weighted by molar-refractivity contribution is 7.92. The van der Waals surface area contributed by atoms with Crippen molar-refractivity contribution >= 4 is 38.5 Å². The maximum atomic E-state index is 13.0. The molecular weight excluding hydrogens is 492 g/mol. The second-order valence-corrected chi connectivity index (χ2v) is 9.90. The number of hydrogen-bond donors (Lipinski definition) is 1. The third-order valence-electron chi connectivity index (χ3n) is 5.33. The molecule has 1 N–H and O–H groups in total. The molecular formula is C23H25ClN6O4S. The maximum absolute atomic E-state index is 13.0. The molecule has 2 aromatic carbocycles. The van der Waals surface area contributed by atoms with Gasteiger partial charge in [-0.1, -0.05) is 29.8 Å². The first-order chi connectivity index (χ1) is 16.7. The van der Waals surface area contributed by atoms with Crippen molar-refractivity contribution in [3.05, 3.63) is 65.2 Å². The summed E-state index contributed by atoms with van der Waals surface area (Å²) in [5.74, 6) is 1.92. The van der Waals surface area contributed by atoms with Gasteiger partial charge >= 0.3 is 0 Å². The first kappa shape index (κ1) is 24.7. The summed E-state index contributed by atoms with van der Waals surface area (Å²) in [4.78, 5) is 14.8. The van der Waals surface area contributed by atoms with Crippen LogP contribution in [-0.4, -0.2) is 54.1 Å². The predicted octanol–water partition coefficient (Wildman–Crippen LogP) is 3.47. The number of aryl methyl sites for hydroxylation is 1. The molecule has 0 bridgehead atoms. The Labute approximate surface area is 208 Å². The van der Waals surface area contributed by atoms with Crippen molar-refractivity contribution in [2.45, 2.75) is 18.1 Å². The monoisotopic (exact) mass is 516 g/mol. The van der Waals surface area contributed by atoms with Gasteiger partial charge in [0.2, 0.25) is 0 Å². The fourth-order valence-corrected chi connectivity index (χ4v) is 4.81. The van der Waals surface area contributed by atoms with Crippen molar-refractivity contribution in [2.24, 2.45) is 7.05 Å². The van der Waals surface area contributed by atoms with Crippen LogP contribution in [0.3, 0.4) is 0 Å². The van der Waals surface area contributed by atoms with Crippen LogP contribution in [-0.2, 0) is 30.2 Å². The summed E-state index contributed by atoms with van der Waals surface area (Å²) >= 11 is 6.17. The summed E-state index contributed by atoms with van der Waals surface area (Å²) in [6.45, 7) is 0.959. The number of rotatable bonds is 9. The summed E-state index contributed by atoms with van der Waals surface area (Å²) in [7, 11) is 2.82. The molecule has 0 radical (unpaired) electrons. The molecule has 10 nitrogen and oxygen atoms in total. The molecule has 4 aromatic rings. The molecule has 184 valence electrons. The van der Waals surface area contributed by atoms with Crippen LogP contribution < -0.4 is 14.2 Å². The molecule has 0 unspecified atom stereocenters. The third-order valence-corrected chi connectivity index (χ3v) is 6.80. The Bertz CT molecular complexity index is 1470. The maximum Gasteiger partial charge on any atom is 0.282 e. The number of nitrogens with zero attached hydrogens (tertiary/aromatic N) is 5. The topological polar surface area (TPSA) is 111 Å². The minimum Gasteiger partial charge on any atom is -0.497 e. The number of benzene rings is 2. The summed E-state index contributed by atoms with van der Waals surface area (Å²) in [6.07, 6.45) is 1.45. The fourth-order valence-electron chi connectivity index (χ4n) is 3.55. The van der Waals surface area contributed by atoms with Crippen LogP contribution >= 0.6 is 11.6 Å². The van der Waals surface area contributed by atoms with Crippen molar-refractivity contribution in [3.8, 4) is 11.5 Å². The van der Waals surface area contributed by atoms with E-state index in [4.69, 9.17) is 21.1 Å². The van der Waals surface area contributed by atoms with Crippen molar-refractivity contribution in [2.75, 3.05) is 26.0 Å². The molecule has 4 rings (SSSR count). The molecule has 12 heteroatoms. The number of nitrogens with one attached hydrogen (secondary N) is 1. The lowest BCUT2D eigenvalue weighted by Gasteiger charge is -2.18. The van der Waals surface area contributed by atoms with Gasteiger partial charge in [0.1, 0.15) is 17.3 Å². The highest BCUT2D eigenvalue weighted by Crippen LogP contribution is 2.26. The van der Waals surface area contributed by atoms with E-state index in [-0.39, 0.29) is 16.0 Å². The molecule has 0 aliphatic heterocycles. The number of imidazole rings is 1. The average molecular weight is 517 g/mol. The summed E-state index contributed by atoms with van der Waals surface area (Å²) in [6, 6.07) is 12.7. The predicted molar refractivity (Wildman–Crippen MR) is 133 cm³/mol. The van der Waals surface area contributed by atoms with Gasteiger partial charge in [-0.15, -0.1) is 0 Å². The van der Waals surface area contributed by atoms with E-state index in [2.05, 4.69) is 19.7 Å². The lowest BCUT2D eigenvalue weighted by Crippen LogP contribution is -2.20. The van der Waals surface area contributed by atoms with Gasteiger partial charge in [0, 0.05) is 31.4 Å². The fraction of sp³-hybridized carbons (Fsp3) is 0.261. The van der Waals surface area contributed by atoms with Gasteiger partial charge in [0.25, 0.3) is 10.0 Å². The normalized spacial score (nSPS) is 11.7. The Kier molecular flexibility index (Phi) is 7.10. The number of methoxy groups -OCH3 is 2. The molecule has 0 fully saturated rings. The van der Waals surface area contributed by atoms with E-state index < -0.39 is 10.0 Å². The number of sulfonamides is 1. The van der Waals surface area contributed by atoms with Gasteiger partial charge < -0.3 is 14.0 Å². The van der Waals surface area contributed by atoms with Crippen LogP contribution in [0.25, 0.3) is 11.0 Å². The molecule has 0 saturated carbocycles. The van der Waals surface area contributed by atoms with Crippen molar-refractivity contribution < 1.29 is 17.9 Å². The molecule has 2 heterocycles. The number of fused-ring (bicyclic) bond motifs is 1. The number of ether oxygens (including phenoxy) is 2. The van der Waals surface area contributed by atoms with Crippen LogP contribution in [0.5, 0.6) is 11.5 Å². The Hall–Kier alpha value is -3.41. The van der Waals surface area contributed by atoms with E-state index in [1.54, 1.807) is 50.1 Å². The average Bonchev–Trinajstić information content (AvgIpc) is 3.20.